The number of thioether (sulfide) groups is 1. The van der Waals surface area contributed by atoms with Gasteiger partial charge in [-0.05, 0) is 36.9 Å². The van der Waals surface area contributed by atoms with Crippen molar-refractivity contribution in [3.05, 3.63) is 0 Å². The highest BCUT2D eigenvalue weighted by Crippen LogP contribution is 2.27. The van der Waals surface area contributed by atoms with Gasteiger partial charge >= 0.3 is 0 Å². The lowest BCUT2D eigenvalue weighted by Crippen LogP contribution is -2.48. The van der Waals surface area contributed by atoms with Crippen LogP contribution >= 0.6 is 11.8 Å². The highest BCUT2D eigenvalue weighted by atomic mass is 32.2. The summed E-state index contributed by atoms with van der Waals surface area (Å²) in [7, 11) is 0. The molecule has 1 heterocycles. The van der Waals surface area contributed by atoms with Crippen LogP contribution in [-0.4, -0.2) is 25.6 Å². The van der Waals surface area contributed by atoms with E-state index < -0.39 is 0 Å². The zero-order valence-electron chi connectivity index (χ0n) is 8.40. The summed E-state index contributed by atoms with van der Waals surface area (Å²) in [6.07, 6.45) is 4.08. The van der Waals surface area contributed by atoms with Crippen molar-refractivity contribution in [3.63, 3.8) is 0 Å². The molecular formula is C9H21NS. The standard InChI is InChI=1S/C7H15N.C2H6S/c1-7(2,3)6-4-8-5-6;1-3-2/h6,8H,4-5H2,1-3H3;1-2H3. The molecule has 0 aromatic carbocycles. The molecule has 0 amide bonds. The molecule has 1 aliphatic heterocycles. The van der Waals surface area contributed by atoms with Crippen LogP contribution in [-0.2, 0) is 0 Å². The maximum absolute atomic E-state index is 3.27. The fraction of sp³-hybridized carbons (Fsp3) is 1.00. The minimum atomic E-state index is 0.533. The Bertz CT molecular complexity index is 92.2. The lowest BCUT2D eigenvalue weighted by molar-refractivity contribution is 0.165. The maximum Gasteiger partial charge on any atom is -0.000323 e. The normalized spacial score (nSPS) is 18.3. The molecule has 1 rings (SSSR count). The molecular weight excluding hydrogens is 154 g/mol. The molecule has 0 spiro atoms. The molecule has 11 heavy (non-hydrogen) atoms. The molecule has 1 N–H and O–H groups in total. The van der Waals surface area contributed by atoms with Gasteiger partial charge in [0.2, 0.25) is 0 Å². The van der Waals surface area contributed by atoms with Gasteiger partial charge in [0.1, 0.15) is 0 Å². The first-order valence-electron chi connectivity index (χ1n) is 4.13. The Labute approximate surface area is 75.3 Å². The van der Waals surface area contributed by atoms with Crippen LogP contribution in [0.1, 0.15) is 20.8 Å². The topological polar surface area (TPSA) is 12.0 Å². The summed E-state index contributed by atoms with van der Waals surface area (Å²) < 4.78 is 0. The summed E-state index contributed by atoms with van der Waals surface area (Å²) in [5, 5.41) is 3.27. The van der Waals surface area contributed by atoms with E-state index in [1.54, 1.807) is 11.8 Å². The third-order valence-electron chi connectivity index (χ3n) is 2.01. The molecule has 0 atom stereocenters. The SMILES string of the molecule is CC(C)(C)C1CNC1.CSC. The summed E-state index contributed by atoms with van der Waals surface area (Å²) in [4.78, 5) is 0. The Kier molecular flexibility index (Phi) is 5.19. The predicted molar refractivity (Wildman–Crippen MR) is 55.3 cm³/mol. The van der Waals surface area contributed by atoms with Gasteiger partial charge in [0.05, 0.1) is 0 Å². The maximum atomic E-state index is 3.27. The van der Waals surface area contributed by atoms with E-state index in [-0.39, 0.29) is 0 Å². The lowest BCUT2D eigenvalue weighted by Gasteiger charge is -2.38. The molecule has 0 bridgehead atoms. The summed E-state index contributed by atoms with van der Waals surface area (Å²) in [5.74, 6) is 0.919. The van der Waals surface area contributed by atoms with Crippen LogP contribution in [0.15, 0.2) is 0 Å². The molecule has 0 aromatic rings. The van der Waals surface area contributed by atoms with Gasteiger partial charge < -0.3 is 5.32 Å². The van der Waals surface area contributed by atoms with Crippen molar-refractivity contribution in [1.82, 2.24) is 5.32 Å². The van der Waals surface area contributed by atoms with Crippen LogP contribution in [0.25, 0.3) is 0 Å². The predicted octanol–water partition coefficient (Wildman–Crippen LogP) is 2.23. The van der Waals surface area contributed by atoms with Crippen LogP contribution < -0.4 is 5.32 Å². The molecule has 2 heteroatoms. The van der Waals surface area contributed by atoms with E-state index in [1.807, 2.05) is 12.5 Å². The number of nitrogens with one attached hydrogen (secondary N) is 1. The molecule has 0 unspecified atom stereocenters. The minimum Gasteiger partial charge on any atom is -0.316 e. The van der Waals surface area contributed by atoms with E-state index in [2.05, 4.69) is 26.1 Å². The first-order chi connectivity index (χ1) is 5.02. The highest BCUT2D eigenvalue weighted by Gasteiger charge is 2.28. The molecule has 0 aromatic heterocycles. The third kappa shape index (κ3) is 4.70. The van der Waals surface area contributed by atoms with Gasteiger partial charge in [0.15, 0.2) is 0 Å². The summed E-state index contributed by atoms with van der Waals surface area (Å²) in [5.41, 5.74) is 0.533. The average Bonchev–Trinajstić information content (AvgIpc) is 1.54. The van der Waals surface area contributed by atoms with Gasteiger partial charge in [-0.3, -0.25) is 0 Å². The summed E-state index contributed by atoms with van der Waals surface area (Å²) in [6.45, 7) is 9.36. The number of rotatable bonds is 0. The monoisotopic (exact) mass is 175 g/mol. The van der Waals surface area contributed by atoms with E-state index in [4.69, 9.17) is 0 Å². The van der Waals surface area contributed by atoms with Crippen LogP contribution in [0.2, 0.25) is 0 Å². The van der Waals surface area contributed by atoms with Crippen molar-refractivity contribution in [2.24, 2.45) is 11.3 Å². The second-order valence-corrected chi connectivity index (χ2v) is 4.95. The van der Waals surface area contributed by atoms with Crippen molar-refractivity contribution in [1.29, 1.82) is 0 Å². The van der Waals surface area contributed by atoms with Crippen molar-refractivity contribution >= 4 is 11.8 Å². The van der Waals surface area contributed by atoms with Crippen LogP contribution in [0.5, 0.6) is 0 Å². The molecule has 1 fully saturated rings. The molecule has 68 valence electrons. The van der Waals surface area contributed by atoms with E-state index in [9.17, 15) is 0 Å². The molecule has 1 aliphatic rings. The average molecular weight is 175 g/mol. The fourth-order valence-corrected chi connectivity index (χ4v) is 0.901. The van der Waals surface area contributed by atoms with Crippen LogP contribution in [0, 0.1) is 11.3 Å². The minimum absolute atomic E-state index is 0.533. The molecule has 0 saturated carbocycles. The highest BCUT2D eigenvalue weighted by molar-refractivity contribution is 7.97. The Hall–Kier alpha value is 0.310. The van der Waals surface area contributed by atoms with Crippen molar-refractivity contribution < 1.29 is 0 Å². The van der Waals surface area contributed by atoms with E-state index in [0.29, 0.717) is 5.41 Å². The largest absolute Gasteiger partial charge is 0.316 e. The lowest BCUT2D eigenvalue weighted by atomic mass is 9.77. The van der Waals surface area contributed by atoms with Gasteiger partial charge in [-0.1, -0.05) is 20.8 Å². The molecule has 0 aliphatic carbocycles. The van der Waals surface area contributed by atoms with Crippen LogP contribution in [0.3, 0.4) is 0 Å². The first-order valence-corrected chi connectivity index (χ1v) is 5.76. The smallest absolute Gasteiger partial charge is 0.000323 e. The van der Waals surface area contributed by atoms with Crippen LogP contribution in [0.4, 0.5) is 0 Å². The zero-order valence-corrected chi connectivity index (χ0v) is 9.22. The van der Waals surface area contributed by atoms with Gasteiger partial charge in [0, 0.05) is 0 Å². The number of hydrogen-bond acceptors (Lipinski definition) is 2. The Balaban J connectivity index is 0.000000292. The van der Waals surface area contributed by atoms with Gasteiger partial charge in [0.25, 0.3) is 0 Å². The Morgan fingerprint density at radius 1 is 1.18 bits per heavy atom. The molecule has 0 radical (unpaired) electrons. The summed E-state index contributed by atoms with van der Waals surface area (Å²) >= 11 is 1.75. The van der Waals surface area contributed by atoms with Crippen molar-refractivity contribution in [2.75, 3.05) is 25.6 Å². The Morgan fingerprint density at radius 2 is 1.55 bits per heavy atom. The molecule has 1 saturated heterocycles. The summed E-state index contributed by atoms with van der Waals surface area (Å²) in [6, 6.07) is 0. The molecule has 1 nitrogen and oxygen atoms in total. The van der Waals surface area contributed by atoms with Crippen molar-refractivity contribution in [2.45, 2.75) is 20.8 Å². The number of hydrogen-bond donors (Lipinski definition) is 1. The first kappa shape index (κ1) is 11.3. The second-order valence-electron chi connectivity index (χ2n) is 4.13. The van der Waals surface area contributed by atoms with Crippen molar-refractivity contribution in [3.8, 4) is 0 Å². The van der Waals surface area contributed by atoms with Gasteiger partial charge in [-0.15, -0.1) is 0 Å². The zero-order chi connectivity index (χ0) is 8.91. The van der Waals surface area contributed by atoms with Gasteiger partial charge in [-0.2, -0.15) is 11.8 Å². The quantitative estimate of drug-likeness (QED) is 0.606. The fourth-order valence-electron chi connectivity index (χ4n) is 0.901. The van der Waals surface area contributed by atoms with E-state index in [1.165, 1.54) is 13.1 Å². The Morgan fingerprint density at radius 3 is 1.55 bits per heavy atom. The van der Waals surface area contributed by atoms with Gasteiger partial charge in [-0.25, -0.2) is 0 Å². The van der Waals surface area contributed by atoms with E-state index >= 15 is 0 Å². The second kappa shape index (κ2) is 5.04. The van der Waals surface area contributed by atoms with E-state index in [0.717, 1.165) is 5.92 Å². The third-order valence-corrected chi connectivity index (χ3v) is 2.01.